The highest BCUT2D eigenvalue weighted by atomic mass is 16.6. The summed E-state index contributed by atoms with van der Waals surface area (Å²) in [6.07, 6.45) is 0.556. The summed E-state index contributed by atoms with van der Waals surface area (Å²) >= 11 is 0. The van der Waals surface area contributed by atoms with Crippen LogP contribution in [0.2, 0.25) is 0 Å². The van der Waals surface area contributed by atoms with Gasteiger partial charge in [0.2, 0.25) is 0 Å². The Balaban J connectivity index is 3.62. The number of carbonyl (C=O) groups excluding carboxylic acids is 2. The van der Waals surface area contributed by atoms with Crippen molar-refractivity contribution in [2.24, 2.45) is 0 Å². The summed E-state index contributed by atoms with van der Waals surface area (Å²) < 4.78 is 9.80. The van der Waals surface area contributed by atoms with Crippen LogP contribution in [0.25, 0.3) is 0 Å². The number of hydrogen-bond donors (Lipinski definition) is 0. The lowest BCUT2D eigenvalue weighted by Crippen LogP contribution is -2.20. The van der Waals surface area contributed by atoms with Crippen molar-refractivity contribution in [1.29, 1.82) is 0 Å². The summed E-state index contributed by atoms with van der Waals surface area (Å²) in [5.74, 6) is -0.668. The highest BCUT2D eigenvalue weighted by Crippen LogP contribution is 1.98. The molecule has 0 aliphatic carbocycles. The molecule has 0 saturated heterocycles. The SMILES string of the molecule is CCC(COC(=O)CC(C)=O)OC. The zero-order chi connectivity index (χ0) is 10.3. The van der Waals surface area contributed by atoms with Gasteiger partial charge in [0.25, 0.3) is 0 Å². The molecule has 1 atom stereocenters. The maximum Gasteiger partial charge on any atom is 0.313 e. The lowest BCUT2D eigenvalue weighted by molar-refractivity contribution is -0.149. The molecule has 0 radical (unpaired) electrons. The fourth-order valence-corrected chi connectivity index (χ4v) is 0.793. The van der Waals surface area contributed by atoms with E-state index in [4.69, 9.17) is 9.47 Å². The Morgan fingerprint density at radius 3 is 2.38 bits per heavy atom. The van der Waals surface area contributed by atoms with Gasteiger partial charge in [-0.2, -0.15) is 0 Å². The highest BCUT2D eigenvalue weighted by Gasteiger charge is 2.10. The van der Waals surface area contributed by atoms with Crippen LogP contribution in [0, 0.1) is 0 Å². The average Bonchev–Trinajstić information content (AvgIpc) is 2.05. The summed E-state index contributed by atoms with van der Waals surface area (Å²) in [6.45, 7) is 3.51. The number of carbonyl (C=O) groups is 2. The van der Waals surface area contributed by atoms with Gasteiger partial charge in [-0.25, -0.2) is 0 Å². The Morgan fingerprint density at radius 2 is 2.00 bits per heavy atom. The van der Waals surface area contributed by atoms with E-state index in [1.165, 1.54) is 6.92 Å². The van der Waals surface area contributed by atoms with Crippen molar-refractivity contribution >= 4 is 11.8 Å². The fourth-order valence-electron chi connectivity index (χ4n) is 0.793. The molecule has 0 rings (SSSR count). The zero-order valence-electron chi connectivity index (χ0n) is 8.33. The quantitative estimate of drug-likeness (QED) is 0.459. The lowest BCUT2D eigenvalue weighted by atomic mass is 10.3. The van der Waals surface area contributed by atoms with Gasteiger partial charge in [-0.15, -0.1) is 0 Å². The summed E-state index contributed by atoms with van der Waals surface area (Å²) in [5.41, 5.74) is 0. The smallest absolute Gasteiger partial charge is 0.313 e. The van der Waals surface area contributed by atoms with Gasteiger partial charge in [0.1, 0.15) is 18.8 Å². The maximum absolute atomic E-state index is 10.9. The largest absolute Gasteiger partial charge is 0.463 e. The Bertz CT molecular complexity index is 172. The van der Waals surface area contributed by atoms with Crippen molar-refractivity contribution in [3.8, 4) is 0 Å². The Hall–Kier alpha value is -0.900. The molecule has 0 aromatic carbocycles. The van der Waals surface area contributed by atoms with Gasteiger partial charge in [0, 0.05) is 7.11 Å². The average molecular weight is 188 g/mol. The number of esters is 1. The zero-order valence-corrected chi connectivity index (χ0v) is 8.33. The molecule has 4 nitrogen and oxygen atoms in total. The summed E-state index contributed by atoms with van der Waals surface area (Å²) in [6, 6.07) is 0. The van der Waals surface area contributed by atoms with Gasteiger partial charge in [0.15, 0.2) is 0 Å². The molecule has 0 heterocycles. The van der Waals surface area contributed by atoms with Crippen molar-refractivity contribution in [2.75, 3.05) is 13.7 Å². The minimum absolute atomic E-state index is 0.0732. The lowest BCUT2D eigenvalue weighted by Gasteiger charge is -2.12. The van der Waals surface area contributed by atoms with Gasteiger partial charge >= 0.3 is 5.97 Å². The van der Waals surface area contributed by atoms with Gasteiger partial charge < -0.3 is 9.47 Å². The van der Waals surface area contributed by atoms with Crippen molar-refractivity contribution in [3.05, 3.63) is 0 Å². The third kappa shape index (κ3) is 6.28. The van der Waals surface area contributed by atoms with E-state index in [1.54, 1.807) is 7.11 Å². The molecule has 0 amide bonds. The van der Waals surface area contributed by atoms with E-state index in [0.717, 1.165) is 6.42 Å². The van der Waals surface area contributed by atoms with Crippen LogP contribution in [-0.2, 0) is 19.1 Å². The van der Waals surface area contributed by atoms with Crippen molar-refractivity contribution in [2.45, 2.75) is 32.8 Å². The van der Waals surface area contributed by atoms with Crippen LogP contribution in [0.4, 0.5) is 0 Å². The second-order valence-corrected chi connectivity index (χ2v) is 2.83. The molecule has 4 heteroatoms. The molecular formula is C9H16O4. The normalized spacial score (nSPS) is 12.2. The van der Waals surface area contributed by atoms with Crippen LogP contribution >= 0.6 is 0 Å². The number of hydrogen-bond acceptors (Lipinski definition) is 4. The minimum atomic E-state index is -0.483. The maximum atomic E-state index is 10.9. The Labute approximate surface area is 78.2 Å². The first-order valence-electron chi connectivity index (χ1n) is 4.28. The third-order valence-corrected chi connectivity index (χ3v) is 1.61. The second-order valence-electron chi connectivity index (χ2n) is 2.83. The number of methoxy groups -OCH3 is 1. The standard InChI is InChI=1S/C9H16O4/c1-4-8(12-3)6-13-9(11)5-7(2)10/h8H,4-6H2,1-3H3. The summed E-state index contributed by atoms with van der Waals surface area (Å²) in [4.78, 5) is 21.4. The Kier molecular flexibility index (Phi) is 6.14. The number of rotatable bonds is 6. The van der Waals surface area contributed by atoms with E-state index in [9.17, 15) is 9.59 Å². The molecule has 0 fully saturated rings. The molecule has 0 spiro atoms. The van der Waals surface area contributed by atoms with E-state index >= 15 is 0 Å². The number of Topliss-reactive ketones (excluding diaryl/α,β-unsaturated/α-hetero) is 1. The molecule has 13 heavy (non-hydrogen) atoms. The second kappa shape index (κ2) is 6.60. The molecular weight excluding hydrogens is 172 g/mol. The van der Waals surface area contributed by atoms with Crippen molar-refractivity contribution < 1.29 is 19.1 Å². The van der Waals surface area contributed by atoms with Gasteiger partial charge in [-0.3, -0.25) is 9.59 Å². The molecule has 1 unspecified atom stereocenters. The molecule has 0 N–H and O–H groups in total. The van der Waals surface area contributed by atoms with Crippen LogP contribution < -0.4 is 0 Å². The first kappa shape index (κ1) is 12.1. The van der Waals surface area contributed by atoms with Gasteiger partial charge in [-0.1, -0.05) is 6.92 Å². The summed E-state index contributed by atoms with van der Waals surface area (Å²) in [7, 11) is 1.56. The first-order chi connectivity index (χ1) is 6.10. The van der Waals surface area contributed by atoms with Gasteiger partial charge in [-0.05, 0) is 13.3 Å². The van der Waals surface area contributed by atoms with E-state index in [0.29, 0.717) is 0 Å². The fraction of sp³-hybridized carbons (Fsp3) is 0.778. The predicted octanol–water partition coefficient (Wildman–Crippen LogP) is 0.934. The molecule has 0 aliphatic heterocycles. The molecule has 0 saturated carbocycles. The molecule has 76 valence electrons. The van der Waals surface area contributed by atoms with E-state index < -0.39 is 5.97 Å². The topological polar surface area (TPSA) is 52.6 Å². The minimum Gasteiger partial charge on any atom is -0.463 e. The van der Waals surface area contributed by atoms with Gasteiger partial charge in [0.05, 0.1) is 6.10 Å². The van der Waals surface area contributed by atoms with Crippen LogP contribution in [0.3, 0.4) is 0 Å². The number of ketones is 1. The van der Waals surface area contributed by atoms with E-state index in [2.05, 4.69) is 0 Å². The van der Waals surface area contributed by atoms with Crippen LogP contribution in [0.5, 0.6) is 0 Å². The first-order valence-corrected chi connectivity index (χ1v) is 4.28. The monoisotopic (exact) mass is 188 g/mol. The predicted molar refractivity (Wildman–Crippen MR) is 47.3 cm³/mol. The highest BCUT2D eigenvalue weighted by molar-refractivity contribution is 5.94. The van der Waals surface area contributed by atoms with E-state index in [1.807, 2.05) is 6.92 Å². The molecule has 0 bridgehead atoms. The Morgan fingerprint density at radius 1 is 1.38 bits per heavy atom. The molecule has 0 aliphatic rings. The summed E-state index contributed by atoms with van der Waals surface area (Å²) in [5, 5.41) is 0. The molecule has 0 aromatic rings. The van der Waals surface area contributed by atoms with Crippen molar-refractivity contribution in [1.82, 2.24) is 0 Å². The van der Waals surface area contributed by atoms with E-state index in [-0.39, 0.29) is 24.9 Å². The van der Waals surface area contributed by atoms with Crippen LogP contribution in [-0.4, -0.2) is 31.6 Å². The van der Waals surface area contributed by atoms with Crippen LogP contribution in [0.1, 0.15) is 26.7 Å². The number of ether oxygens (including phenoxy) is 2. The van der Waals surface area contributed by atoms with Crippen molar-refractivity contribution in [3.63, 3.8) is 0 Å². The molecule has 0 aromatic heterocycles. The van der Waals surface area contributed by atoms with Crippen LogP contribution in [0.15, 0.2) is 0 Å². The third-order valence-electron chi connectivity index (χ3n) is 1.61.